The molecule has 1 saturated heterocycles. The van der Waals surface area contributed by atoms with E-state index < -0.39 is 14.6 Å². The summed E-state index contributed by atoms with van der Waals surface area (Å²) in [5.41, 5.74) is 0. The molecule has 1 aliphatic rings. The molecule has 0 atom stereocenters. The van der Waals surface area contributed by atoms with Gasteiger partial charge in [0.05, 0.1) is 10.5 Å². The molecule has 1 aromatic heterocycles. The number of guanidine groups is 1. The minimum Gasteiger partial charge on any atom is -0.354 e. The summed E-state index contributed by atoms with van der Waals surface area (Å²) < 4.78 is 25.4. The van der Waals surface area contributed by atoms with Gasteiger partial charge in [-0.25, -0.2) is 8.42 Å². The van der Waals surface area contributed by atoms with Crippen molar-refractivity contribution >= 4 is 15.8 Å². The topological polar surface area (TPSA) is 92.5 Å². The van der Waals surface area contributed by atoms with Gasteiger partial charge in [-0.15, -0.1) is 10.2 Å². The van der Waals surface area contributed by atoms with E-state index in [1.54, 1.807) is 27.2 Å². The number of nitrogens with one attached hydrogen (secondary N) is 1. The highest BCUT2D eigenvalue weighted by molar-refractivity contribution is 7.92. The molecule has 2 heterocycles. The Labute approximate surface area is 137 Å². The second kappa shape index (κ2) is 6.86. The quantitative estimate of drug-likeness (QED) is 0.608. The van der Waals surface area contributed by atoms with Crippen LogP contribution in [0.1, 0.15) is 26.6 Å². The van der Waals surface area contributed by atoms with Crippen LogP contribution >= 0.6 is 0 Å². The van der Waals surface area contributed by atoms with Crippen molar-refractivity contribution in [1.82, 2.24) is 25.0 Å². The van der Waals surface area contributed by atoms with E-state index in [9.17, 15) is 8.42 Å². The van der Waals surface area contributed by atoms with Gasteiger partial charge in [0, 0.05) is 39.6 Å². The fraction of sp³-hybridized carbons (Fsp3) is 0.786. The second-order valence-corrected chi connectivity index (χ2v) is 9.01. The average Bonchev–Trinajstić information content (AvgIpc) is 2.94. The van der Waals surface area contributed by atoms with Gasteiger partial charge >= 0.3 is 0 Å². The summed E-state index contributed by atoms with van der Waals surface area (Å²) in [5, 5.41) is 11.3. The molecule has 1 aliphatic heterocycles. The van der Waals surface area contributed by atoms with E-state index in [4.69, 9.17) is 0 Å². The van der Waals surface area contributed by atoms with E-state index in [-0.39, 0.29) is 5.75 Å². The van der Waals surface area contributed by atoms with Crippen molar-refractivity contribution in [2.45, 2.75) is 38.5 Å². The van der Waals surface area contributed by atoms with Crippen LogP contribution in [0.25, 0.3) is 0 Å². The minimum absolute atomic E-state index is 0.159. The van der Waals surface area contributed by atoms with Gasteiger partial charge in [0.2, 0.25) is 0 Å². The Morgan fingerprint density at radius 1 is 1.48 bits per heavy atom. The lowest BCUT2D eigenvalue weighted by Gasteiger charge is -2.39. The zero-order valence-electron chi connectivity index (χ0n) is 14.3. The van der Waals surface area contributed by atoms with Crippen LogP contribution in [0, 0.1) is 0 Å². The van der Waals surface area contributed by atoms with Gasteiger partial charge in [-0.05, 0) is 13.8 Å². The van der Waals surface area contributed by atoms with E-state index in [2.05, 4.69) is 20.5 Å². The zero-order valence-corrected chi connectivity index (χ0v) is 15.1. The summed E-state index contributed by atoms with van der Waals surface area (Å²) in [7, 11) is -1.33. The van der Waals surface area contributed by atoms with E-state index in [0.29, 0.717) is 19.6 Å². The van der Waals surface area contributed by atoms with Gasteiger partial charge in [-0.1, -0.05) is 6.92 Å². The number of aliphatic imine (C=N–C) groups is 1. The van der Waals surface area contributed by atoms with Crippen molar-refractivity contribution in [3.05, 3.63) is 12.2 Å². The molecule has 0 amide bonds. The molecule has 0 bridgehead atoms. The highest BCUT2D eigenvalue weighted by Gasteiger charge is 2.40. The Kier molecular flexibility index (Phi) is 5.28. The number of hydrogen-bond acceptors (Lipinski definition) is 5. The third kappa shape index (κ3) is 3.82. The van der Waals surface area contributed by atoms with Crippen LogP contribution in [0.3, 0.4) is 0 Å². The summed E-state index contributed by atoms with van der Waals surface area (Å²) in [5.74, 6) is 1.85. The zero-order chi connectivity index (χ0) is 17.1. The maximum Gasteiger partial charge on any atom is 0.193 e. The molecule has 0 spiro atoms. The molecule has 0 radical (unpaired) electrons. The highest BCUT2D eigenvalue weighted by Crippen LogP contribution is 2.23. The van der Waals surface area contributed by atoms with Crippen LogP contribution in [0.15, 0.2) is 11.3 Å². The van der Waals surface area contributed by atoms with Gasteiger partial charge in [-0.3, -0.25) is 4.99 Å². The van der Waals surface area contributed by atoms with Gasteiger partial charge in [0.1, 0.15) is 12.2 Å². The average molecular weight is 342 g/mol. The molecule has 2 rings (SSSR count). The highest BCUT2D eigenvalue weighted by atomic mass is 32.2. The molecular formula is C14H26N6O2S. The molecular weight excluding hydrogens is 316 g/mol. The lowest BCUT2D eigenvalue weighted by Crippen LogP contribution is -2.57. The van der Waals surface area contributed by atoms with Crippen molar-refractivity contribution in [3.63, 3.8) is 0 Å². The van der Waals surface area contributed by atoms with Crippen LogP contribution in [0.5, 0.6) is 0 Å². The van der Waals surface area contributed by atoms with Crippen molar-refractivity contribution in [2.75, 3.05) is 32.4 Å². The van der Waals surface area contributed by atoms with Crippen LogP contribution in [0.2, 0.25) is 0 Å². The van der Waals surface area contributed by atoms with Crippen LogP contribution in [-0.4, -0.2) is 71.2 Å². The van der Waals surface area contributed by atoms with E-state index in [1.165, 1.54) is 0 Å². The first-order chi connectivity index (χ1) is 10.8. The molecule has 1 fully saturated rings. The van der Waals surface area contributed by atoms with Gasteiger partial charge < -0.3 is 14.8 Å². The summed E-state index contributed by atoms with van der Waals surface area (Å²) in [6.45, 7) is 7.92. The van der Waals surface area contributed by atoms with E-state index in [0.717, 1.165) is 24.7 Å². The molecule has 0 saturated carbocycles. The third-order valence-corrected chi connectivity index (χ3v) is 6.74. The Bertz CT molecular complexity index is 665. The molecule has 1 aromatic rings. The summed E-state index contributed by atoms with van der Waals surface area (Å²) in [6, 6.07) is 0. The first-order valence-corrected chi connectivity index (χ1v) is 9.50. The molecule has 1 N–H and O–H groups in total. The van der Waals surface area contributed by atoms with Crippen molar-refractivity contribution in [3.8, 4) is 0 Å². The number of hydrogen-bond donors (Lipinski definition) is 1. The lowest BCUT2D eigenvalue weighted by molar-refractivity contribution is 0.352. The van der Waals surface area contributed by atoms with Gasteiger partial charge in [0.15, 0.2) is 15.8 Å². The summed E-state index contributed by atoms with van der Waals surface area (Å²) in [4.78, 5) is 6.29. The van der Waals surface area contributed by atoms with Gasteiger partial charge in [-0.2, -0.15) is 0 Å². The SMILES string of the molecule is CCc1nncn1CCNC(=NC)N1CCS(=O)(=O)C(C)(C)C1. The molecule has 130 valence electrons. The fourth-order valence-corrected chi connectivity index (χ4v) is 4.05. The molecule has 9 heteroatoms. The first-order valence-electron chi connectivity index (χ1n) is 7.85. The monoisotopic (exact) mass is 342 g/mol. The van der Waals surface area contributed by atoms with Crippen LogP contribution < -0.4 is 5.32 Å². The van der Waals surface area contributed by atoms with E-state index >= 15 is 0 Å². The molecule has 23 heavy (non-hydrogen) atoms. The third-order valence-electron chi connectivity index (χ3n) is 4.20. The predicted molar refractivity (Wildman–Crippen MR) is 90.2 cm³/mol. The number of nitrogens with zero attached hydrogens (tertiary/aromatic N) is 5. The lowest BCUT2D eigenvalue weighted by atomic mass is 10.2. The van der Waals surface area contributed by atoms with Crippen molar-refractivity contribution in [1.29, 1.82) is 0 Å². The molecule has 0 unspecified atom stereocenters. The summed E-state index contributed by atoms with van der Waals surface area (Å²) in [6.07, 6.45) is 2.56. The van der Waals surface area contributed by atoms with Crippen LogP contribution in [-0.2, 0) is 22.8 Å². The van der Waals surface area contributed by atoms with Crippen LogP contribution in [0.4, 0.5) is 0 Å². The van der Waals surface area contributed by atoms with E-state index in [1.807, 2.05) is 16.4 Å². The van der Waals surface area contributed by atoms with Gasteiger partial charge in [0.25, 0.3) is 0 Å². The smallest absolute Gasteiger partial charge is 0.193 e. The largest absolute Gasteiger partial charge is 0.354 e. The predicted octanol–water partition coefficient (Wildman–Crippen LogP) is -0.0751. The standard InChI is InChI=1S/C14H26N6O2S/c1-5-12-18-17-11-20(12)7-6-16-13(15-4)19-8-9-23(21,22)14(2,3)10-19/h11H,5-10H2,1-4H3,(H,15,16). The Morgan fingerprint density at radius 3 is 2.83 bits per heavy atom. The molecule has 0 aromatic carbocycles. The Hall–Kier alpha value is -1.64. The number of aryl methyl sites for hydroxylation is 1. The number of aromatic nitrogens is 3. The first kappa shape index (κ1) is 17.7. The fourth-order valence-electron chi connectivity index (χ4n) is 2.68. The minimum atomic E-state index is -3.05. The number of rotatable bonds is 4. The Morgan fingerprint density at radius 2 is 2.22 bits per heavy atom. The second-order valence-electron chi connectivity index (χ2n) is 6.27. The molecule has 8 nitrogen and oxygen atoms in total. The van der Waals surface area contributed by atoms with Crippen molar-refractivity contribution < 1.29 is 8.42 Å². The maximum absolute atomic E-state index is 12.1. The van der Waals surface area contributed by atoms with Crippen molar-refractivity contribution in [2.24, 2.45) is 4.99 Å². The molecule has 0 aliphatic carbocycles. The Balaban J connectivity index is 1.94. The summed E-state index contributed by atoms with van der Waals surface area (Å²) >= 11 is 0. The maximum atomic E-state index is 12.1. The number of sulfone groups is 1. The normalized spacial score (nSPS) is 20.5.